The van der Waals surface area contributed by atoms with E-state index in [1.54, 1.807) is 18.2 Å². The standard InChI is InChI=1S/C16H12ClFN4S/c17-14-7-3-1-6-13(14)10-23-16-21-19-11-22(16)20-9-12-5-2-4-8-15(12)18/h1-9,11H,10H2/b20-9-. The van der Waals surface area contributed by atoms with Crippen molar-refractivity contribution in [1.82, 2.24) is 14.9 Å². The first-order valence-corrected chi connectivity index (χ1v) is 8.15. The number of hydrogen-bond donors (Lipinski definition) is 0. The zero-order valence-electron chi connectivity index (χ0n) is 11.9. The average molecular weight is 347 g/mol. The van der Waals surface area contributed by atoms with Crippen LogP contribution in [0.1, 0.15) is 11.1 Å². The smallest absolute Gasteiger partial charge is 0.206 e. The molecule has 23 heavy (non-hydrogen) atoms. The average Bonchev–Trinajstić information content (AvgIpc) is 3.01. The van der Waals surface area contributed by atoms with Crippen molar-refractivity contribution in [2.45, 2.75) is 10.9 Å². The van der Waals surface area contributed by atoms with Gasteiger partial charge in [-0.2, -0.15) is 9.78 Å². The maximum Gasteiger partial charge on any atom is 0.212 e. The largest absolute Gasteiger partial charge is 0.212 e. The predicted octanol–water partition coefficient (Wildman–Crippen LogP) is 4.25. The summed E-state index contributed by atoms with van der Waals surface area (Å²) >= 11 is 7.59. The van der Waals surface area contributed by atoms with E-state index in [1.165, 1.54) is 35.0 Å². The molecule has 0 aliphatic rings. The van der Waals surface area contributed by atoms with E-state index in [1.807, 2.05) is 24.3 Å². The minimum atomic E-state index is -0.324. The highest BCUT2D eigenvalue weighted by Crippen LogP contribution is 2.25. The zero-order chi connectivity index (χ0) is 16.1. The zero-order valence-corrected chi connectivity index (χ0v) is 13.5. The summed E-state index contributed by atoms with van der Waals surface area (Å²) in [7, 11) is 0. The summed E-state index contributed by atoms with van der Waals surface area (Å²) in [6, 6.07) is 14.1. The van der Waals surface area contributed by atoms with Gasteiger partial charge in [-0.3, -0.25) is 0 Å². The monoisotopic (exact) mass is 346 g/mol. The summed E-state index contributed by atoms with van der Waals surface area (Å²) in [6.45, 7) is 0. The molecule has 1 heterocycles. The molecule has 0 spiro atoms. The Bertz CT molecular complexity index is 834. The lowest BCUT2D eigenvalue weighted by molar-refractivity contribution is 0.625. The van der Waals surface area contributed by atoms with Crippen LogP contribution >= 0.6 is 23.4 Å². The van der Waals surface area contributed by atoms with Gasteiger partial charge in [0.1, 0.15) is 12.1 Å². The molecule has 0 atom stereocenters. The van der Waals surface area contributed by atoms with Crippen molar-refractivity contribution in [1.29, 1.82) is 0 Å². The van der Waals surface area contributed by atoms with E-state index in [-0.39, 0.29) is 5.82 Å². The molecule has 0 radical (unpaired) electrons. The molecule has 0 unspecified atom stereocenters. The van der Waals surface area contributed by atoms with Gasteiger partial charge < -0.3 is 0 Å². The van der Waals surface area contributed by atoms with Gasteiger partial charge in [-0.1, -0.05) is 59.8 Å². The maximum atomic E-state index is 13.6. The second-order valence-corrected chi connectivity index (χ2v) is 5.95. The lowest BCUT2D eigenvalue weighted by atomic mass is 10.2. The fourth-order valence-electron chi connectivity index (χ4n) is 1.86. The first-order valence-electron chi connectivity index (χ1n) is 6.79. The predicted molar refractivity (Wildman–Crippen MR) is 90.4 cm³/mol. The van der Waals surface area contributed by atoms with Crippen LogP contribution in [0.2, 0.25) is 5.02 Å². The first-order chi connectivity index (χ1) is 11.2. The lowest BCUT2D eigenvalue weighted by Gasteiger charge is -2.03. The van der Waals surface area contributed by atoms with Crippen molar-refractivity contribution in [2.75, 3.05) is 0 Å². The third kappa shape index (κ3) is 3.97. The molecule has 0 aliphatic heterocycles. The molecule has 3 rings (SSSR count). The van der Waals surface area contributed by atoms with Gasteiger partial charge in [-0.25, -0.2) is 4.39 Å². The number of aromatic nitrogens is 3. The quantitative estimate of drug-likeness (QED) is 0.512. The van der Waals surface area contributed by atoms with E-state index >= 15 is 0 Å². The number of hydrogen-bond acceptors (Lipinski definition) is 4. The van der Waals surface area contributed by atoms with Gasteiger partial charge in [-0.15, -0.1) is 10.2 Å². The van der Waals surface area contributed by atoms with Crippen molar-refractivity contribution in [3.8, 4) is 0 Å². The van der Waals surface area contributed by atoms with E-state index < -0.39 is 0 Å². The normalized spacial score (nSPS) is 11.2. The SMILES string of the molecule is Fc1ccccc1/C=N\n1cnnc1SCc1ccccc1Cl. The van der Waals surface area contributed by atoms with Crippen molar-refractivity contribution < 1.29 is 4.39 Å². The molecule has 0 aliphatic carbocycles. The van der Waals surface area contributed by atoms with E-state index in [4.69, 9.17) is 11.6 Å². The number of benzene rings is 2. The Kier molecular flexibility index (Phi) is 5.05. The number of rotatable bonds is 5. The molecule has 2 aromatic carbocycles. The molecule has 0 saturated heterocycles. The summed E-state index contributed by atoms with van der Waals surface area (Å²) in [5.74, 6) is 0.322. The molecule has 0 N–H and O–H groups in total. The van der Waals surface area contributed by atoms with E-state index in [0.29, 0.717) is 21.5 Å². The summed E-state index contributed by atoms with van der Waals surface area (Å²) in [4.78, 5) is 0. The van der Waals surface area contributed by atoms with E-state index in [9.17, 15) is 4.39 Å². The van der Waals surface area contributed by atoms with Crippen molar-refractivity contribution in [3.05, 3.63) is 76.8 Å². The van der Waals surface area contributed by atoms with Crippen LogP contribution in [0, 0.1) is 5.82 Å². The van der Waals surface area contributed by atoms with Gasteiger partial charge in [0.25, 0.3) is 0 Å². The molecule has 3 aromatic rings. The molecular weight excluding hydrogens is 335 g/mol. The summed E-state index contributed by atoms with van der Waals surface area (Å²) in [5.41, 5.74) is 1.41. The van der Waals surface area contributed by atoms with Gasteiger partial charge in [0.2, 0.25) is 5.16 Å². The summed E-state index contributed by atoms with van der Waals surface area (Å²) < 4.78 is 15.1. The molecule has 0 saturated carbocycles. The maximum absolute atomic E-state index is 13.6. The highest BCUT2D eigenvalue weighted by Gasteiger charge is 2.06. The van der Waals surface area contributed by atoms with Crippen LogP contribution in [-0.2, 0) is 5.75 Å². The number of thioether (sulfide) groups is 1. The molecule has 0 amide bonds. The number of halogens is 2. The Labute approximate surface area is 142 Å². The summed E-state index contributed by atoms with van der Waals surface area (Å²) in [6.07, 6.45) is 2.92. The molecule has 7 heteroatoms. The second-order valence-electron chi connectivity index (χ2n) is 4.60. The topological polar surface area (TPSA) is 43.1 Å². The Hall–Kier alpha value is -2.18. The van der Waals surface area contributed by atoms with Crippen LogP contribution in [0.15, 0.2) is 65.1 Å². The van der Waals surface area contributed by atoms with E-state index in [2.05, 4.69) is 15.3 Å². The number of nitrogens with zero attached hydrogens (tertiary/aromatic N) is 4. The van der Waals surface area contributed by atoms with Gasteiger partial charge in [0, 0.05) is 16.3 Å². The van der Waals surface area contributed by atoms with Crippen molar-refractivity contribution >= 4 is 29.6 Å². The minimum Gasteiger partial charge on any atom is -0.206 e. The molecule has 1 aromatic heterocycles. The third-order valence-corrected chi connectivity index (χ3v) is 4.39. The molecule has 4 nitrogen and oxygen atoms in total. The van der Waals surface area contributed by atoms with E-state index in [0.717, 1.165) is 5.56 Å². The van der Waals surface area contributed by atoms with Crippen LogP contribution in [0.3, 0.4) is 0 Å². The van der Waals surface area contributed by atoms with Crippen LogP contribution in [-0.4, -0.2) is 21.1 Å². The van der Waals surface area contributed by atoms with Crippen LogP contribution in [0.25, 0.3) is 0 Å². The molecule has 0 fully saturated rings. The first kappa shape index (κ1) is 15.7. The fourth-order valence-corrected chi connectivity index (χ4v) is 3.01. The Morgan fingerprint density at radius 3 is 2.78 bits per heavy atom. The summed E-state index contributed by atoms with van der Waals surface area (Å²) in [5, 5.41) is 13.4. The van der Waals surface area contributed by atoms with Crippen LogP contribution in [0.5, 0.6) is 0 Å². The van der Waals surface area contributed by atoms with Gasteiger partial charge in [0.05, 0.1) is 6.21 Å². The Balaban J connectivity index is 1.73. The highest BCUT2D eigenvalue weighted by atomic mass is 35.5. The van der Waals surface area contributed by atoms with Crippen LogP contribution in [0.4, 0.5) is 4.39 Å². The van der Waals surface area contributed by atoms with Gasteiger partial charge in [-0.05, 0) is 17.7 Å². The Morgan fingerprint density at radius 2 is 1.96 bits per heavy atom. The lowest BCUT2D eigenvalue weighted by Crippen LogP contribution is -1.94. The Morgan fingerprint density at radius 1 is 1.17 bits per heavy atom. The third-order valence-electron chi connectivity index (χ3n) is 3.04. The fraction of sp³-hybridized carbons (Fsp3) is 0.0625. The van der Waals surface area contributed by atoms with Gasteiger partial charge >= 0.3 is 0 Å². The molecule has 0 bridgehead atoms. The second kappa shape index (κ2) is 7.39. The van der Waals surface area contributed by atoms with Crippen LogP contribution < -0.4 is 0 Å². The van der Waals surface area contributed by atoms with Crippen molar-refractivity contribution in [2.24, 2.45) is 5.10 Å². The highest BCUT2D eigenvalue weighted by molar-refractivity contribution is 7.98. The molecule has 116 valence electrons. The van der Waals surface area contributed by atoms with Crippen molar-refractivity contribution in [3.63, 3.8) is 0 Å². The van der Waals surface area contributed by atoms with Gasteiger partial charge in [0.15, 0.2) is 0 Å². The minimum absolute atomic E-state index is 0.324. The molecular formula is C16H12ClFN4S.